The smallest absolute Gasteiger partial charge is 0.272 e. The monoisotopic (exact) mass is 418 g/mol. The number of nitrogens with zero attached hydrogens (tertiary/aromatic N) is 2. The first-order valence-electron chi connectivity index (χ1n) is 7.73. The minimum absolute atomic E-state index is 0.175. The van der Waals surface area contributed by atoms with Crippen molar-refractivity contribution in [2.45, 2.75) is 20.1 Å². The van der Waals surface area contributed by atoms with Gasteiger partial charge in [-0.1, -0.05) is 60.1 Å². The van der Waals surface area contributed by atoms with Crippen molar-refractivity contribution in [1.82, 2.24) is 9.55 Å². The lowest BCUT2D eigenvalue weighted by atomic mass is 10.2. The Kier molecular flexibility index (Phi) is 5.56. The molecule has 2 aromatic carbocycles. The number of ether oxygens (including phenoxy) is 1. The number of hydrogen-bond donors (Lipinski definition) is 0. The van der Waals surface area contributed by atoms with Gasteiger partial charge < -0.3 is 4.74 Å². The maximum absolute atomic E-state index is 12.7. The van der Waals surface area contributed by atoms with Crippen LogP contribution in [0.25, 0.3) is 0 Å². The third-order valence-corrected chi connectivity index (χ3v) is 4.83. The molecular formula is C19H16BrClN2O2. The van der Waals surface area contributed by atoms with Crippen molar-refractivity contribution in [3.63, 3.8) is 0 Å². The summed E-state index contributed by atoms with van der Waals surface area (Å²) in [5.41, 5.74) is 1.70. The number of halogens is 2. The summed E-state index contributed by atoms with van der Waals surface area (Å²) >= 11 is 9.45. The van der Waals surface area contributed by atoms with Crippen LogP contribution in [0.1, 0.15) is 17.0 Å². The van der Waals surface area contributed by atoms with Gasteiger partial charge in [-0.25, -0.2) is 0 Å². The molecular weight excluding hydrogens is 404 g/mol. The highest BCUT2D eigenvalue weighted by Crippen LogP contribution is 2.22. The fourth-order valence-electron chi connectivity index (χ4n) is 2.42. The van der Waals surface area contributed by atoms with Gasteiger partial charge in [-0.15, -0.1) is 0 Å². The highest BCUT2D eigenvalue weighted by molar-refractivity contribution is 9.10. The van der Waals surface area contributed by atoms with Gasteiger partial charge in [0, 0.05) is 10.6 Å². The molecule has 128 valence electrons. The van der Waals surface area contributed by atoms with Crippen LogP contribution < -0.4 is 10.3 Å². The highest BCUT2D eigenvalue weighted by Gasteiger charge is 2.14. The molecule has 0 unspecified atom stereocenters. The fraction of sp³-hybridized carbons (Fsp3) is 0.158. The second-order valence-corrected chi connectivity index (χ2v) is 6.74. The average Bonchev–Trinajstić information content (AvgIpc) is 2.63. The van der Waals surface area contributed by atoms with Gasteiger partial charge in [0.25, 0.3) is 5.56 Å². The van der Waals surface area contributed by atoms with E-state index in [9.17, 15) is 4.79 Å². The fourth-order valence-corrected chi connectivity index (χ4v) is 3.03. The van der Waals surface area contributed by atoms with Gasteiger partial charge in [0.1, 0.15) is 16.9 Å². The largest absolute Gasteiger partial charge is 0.472 e. The Hall–Kier alpha value is -2.11. The molecule has 0 saturated heterocycles. The molecule has 1 heterocycles. The van der Waals surface area contributed by atoms with Gasteiger partial charge in [0.2, 0.25) is 5.88 Å². The van der Waals surface area contributed by atoms with E-state index in [4.69, 9.17) is 16.3 Å². The van der Waals surface area contributed by atoms with Crippen LogP contribution in [0.4, 0.5) is 0 Å². The topological polar surface area (TPSA) is 44.1 Å². The van der Waals surface area contributed by atoms with E-state index in [1.165, 1.54) is 0 Å². The minimum Gasteiger partial charge on any atom is -0.472 e. The average molecular weight is 420 g/mol. The van der Waals surface area contributed by atoms with Crippen LogP contribution in [-0.2, 0) is 13.2 Å². The van der Waals surface area contributed by atoms with Crippen molar-refractivity contribution in [1.29, 1.82) is 0 Å². The third kappa shape index (κ3) is 4.11. The summed E-state index contributed by atoms with van der Waals surface area (Å²) in [5, 5.41) is 0.618. The molecule has 0 bridgehead atoms. The van der Waals surface area contributed by atoms with Gasteiger partial charge in [-0.3, -0.25) is 9.36 Å². The van der Waals surface area contributed by atoms with Crippen molar-refractivity contribution in [3.8, 4) is 5.88 Å². The lowest BCUT2D eigenvalue weighted by Gasteiger charge is -2.14. The van der Waals surface area contributed by atoms with Crippen molar-refractivity contribution < 1.29 is 4.74 Å². The molecule has 3 rings (SSSR count). The van der Waals surface area contributed by atoms with Crippen molar-refractivity contribution in [3.05, 3.63) is 91.4 Å². The predicted octanol–water partition coefficient (Wildman–Crippen LogP) is 4.59. The Bertz CT molecular complexity index is 942. The summed E-state index contributed by atoms with van der Waals surface area (Å²) in [7, 11) is 0. The zero-order valence-electron chi connectivity index (χ0n) is 13.6. The van der Waals surface area contributed by atoms with Crippen LogP contribution in [0.15, 0.2) is 63.9 Å². The first-order chi connectivity index (χ1) is 12.1. The van der Waals surface area contributed by atoms with Crippen LogP contribution in [-0.4, -0.2) is 9.55 Å². The van der Waals surface area contributed by atoms with Crippen LogP contribution in [0.3, 0.4) is 0 Å². The van der Waals surface area contributed by atoms with E-state index >= 15 is 0 Å². The molecule has 0 fully saturated rings. The number of aromatic nitrogens is 2. The zero-order chi connectivity index (χ0) is 17.8. The van der Waals surface area contributed by atoms with Crippen molar-refractivity contribution in [2.24, 2.45) is 0 Å². The molecule has 0 atom stereocenters. The van der Waals surface area contributed by atoms with Gasteiger partial charge in [-0.05, 0) is 34.5 Å². The molecule has 0 aliphatic rings. The molecule has 0 aliphatic heterocycles. The molecule has 3 aromatic rings. The van der Waals surface area contributed by atoms with E-state index in [1.54, 1.807) is 17.6 Å². The van der Waals surface area contributed by atoms with E-state index in [-0.39, 0.29) is 18.0 Å². The van der Waals surface area contributed by atoms with E-state index in [0.29, 0.717) is 21.9 Å². The molecule has 0 aliphatic carbocycles. The first-order valence-corrected chi connectivity index (χ1v) is 8.90. The Morgan fingerprint density at radius 2 is 1.80 bits per heavy atom. The van der Waals surface area contributed by atoms with Gasteiger partial charge in [-0.2, -0.15) is 4.98 Å². The highest BCUT2D eigenvalue weighted by atomic mass is 79.9. The van der Waals surface area contributed by atoms with E-state index in [1.807, 2.05) is 48.5 Å². The number of hydrogen-bond acceptors (Lipinski definition) is 3. The van der Waals surface area contributed by atoms with Gasteiger partial charge in [0.05, 0.1) is 6.54 Å². The number of benzene rings is 2. The van der Waals surface area contributed by atoms with E-state index < -0.39 is 0 Å². The lowest BCUT2D eigenvalue weighted by molar-refractivity contribution is 0.288. The van der Waals surface area contributed by atoms with Crippen molar-refractivity contribution in [2.75, 3.05) is 0 Å². The Balaban J connectivity index is 1.85. The standard InChI is InChI=1S/C19H16BrClN2O2/c1-13-22-18(25-12-15-9-5-6-10-16(15)21)17(20)19(24)23(13)11-14-7-3-2-4-8-14/h2-10H,11-12H2,1H3. The lowest BCUT2D eigenvalue weighted by Crippen LogP contribution is -2.25. The molecule has 0 amide bonds. The van der Waals surface area contributed by atoms with Crippen LogP contribution in [0, 0.1) is 6.92 Å². The zero-order valence-corrected chi connectivity index (χ0v) is 15.9. The minimum atomic E-state index is -0.175. The summed E-state index contributed by atoms with van der Waals surface area (Å²) in [6.07, 6.45) is 0. The van der Waals surface area contributed by atoms with E-state index in [2.05, 4.69) is 20.9 Å². The molecule has 0 N–H and O–H groups in total. The second kappa shape index (κ2) is 7.85. The molecule has 6 heteroatoms. The molecule has 1 aromatic heterocycles. The summed E-state index contributed by atoms with van der Waals surface area (Å²) < 4.78 is 7.63. The molecule has 0 saturated carbocycles. The maximum atomic E-state index is 12.7. The van der Waals surface area contributed by atoms with E-state index in [0.717, 1.165) is 11.1 Å². The molecule has 4 nitrogen and oxygen atoms in total. The quantitative estimate of drug-likeness (QED) is 0.607. The van der Waals surface area contributed by atoms with Crippen LogP contribution in [0.5, 0.6) is 5.88 Å². The molecule has 0 radical (unpaired) electrons. The van der Waals surface area contributed by atoms with Crippen LogP contribution in [0.2, 0.25) is 5.02 Å². The van der Waals surface area contributed by atoms with Crippen LogP contribution >= 0.6 is 27.5 Å². The molecule has 0 spiro atoms. The third-order valence-electron chi connectivity index (χ3n) is 3.78. The Morgan fingerprint density at radius 1 is 1.12 bits per heavy atom. The first kappa shape index (κ1) is 17.7. The SMILES string of the molecule is Cc1nc(OCc2ccccc2Cl)c(Br)c(=O)n1Cc1ccccc1. The van der Waals surface area contributed by atoms with Gasteiger partial charge in [0.15, 0.2) is 0 Å². The second-order valence-electron chi connectivity index (χ2n) is 5.54. The number of rotatable bonds is 5. The summed E-state index contributed by atoms with van der Waals surface area (Å²) in [6.45, 7) is 2.49. The predicted molar refractivity (Wildman–Crippen MR) is 102 cm³/mol. The Labute approximate surface area is 159 Å². The normalized spacial score (nSPS) is 10.7. The van der Waals surface area contributed by atoms with Gasteiger partial charge >= 0.3 is 0 Å². The summed E-state index contributed by atoms with van der Waals surface area (Å²) in [5.74, 6) is 0.859. The summed E-state index contributed by atoms with van der Waals surface area (Å²) in [4.78, 5) is 17.1. The number of aryl methyl sites for hydroxylation is 1. The van der Waals surface area contributed by atoms with Crippen molar-refractivity contribution >= 4 is 27.5 Å². The molecule has 25 heavy (non-hydrogen) atoms. The Morgan fingerprint density at radius 3 is 2.52 bits per heavy atom. The maximum Gasteiger partial charge on any atom is 0.272 e. The summed E-state index contributed by atoms with van der Waals surface area (Å²) in [6, 6.07) is 17.2.